The lowest BCUT2D eigenvalue weighted by Gasteiger charge is -2.07. The Morgan fingerprint density at radius 3 is 2.18 bits per heavy atom. The Balaban J connectivity index is 2.25. The Kier molecular flexibility index (Phi) is 6.90. The fourth-order valence-electron chi connectivity index (χ4n) is 1.88. The first-order chi connectivity index (χ1) is 8.22. The molecule has 0 aliphatic rings. The van der Waals surface area contributed by atoms with E-state index >= 15 is 0 Å². The van der Waals surface area contributed by atoms with E-state index in [9.17, 15) is 0 Å². The predicted molar refractivity (Wildman–Crippen MR) is 75.5 cm³/mol. The molecule has 0 saturated carbocycles. The van der Waals surface area contributed by atoms with Crippen molar-refractivity contribution in [3.63, 3.8) is 0 Å². The number of nitrogens with one attached hydrogen (secondary N) is 2. The van der Waals surface area contributed by atoms with Crippen LogP contribution in [0.1, 0.15) is 25.0 Å². The number of benzene rings is 1. The molecule has 2 N–H and O–H groups in total. The molecule has 17 heavy (non-hydrogen) atoms. The molecule has 0 saturated heterocycles. The third kappa shape index (κ3) is 6.44. The van der Waals surface area contributed by atoms with Gasteiger partial charge in [-0.15, -0.1) is 0 Å². The van der Waals surface area contributed by atoms with Gasteiger partial charge in [0.05, 0.1) is 0 Å². The molecule has 1 aromatic rings. The monoisotopic (exact) mass is 234 g/mol. The summed E-state index contributed by atoms with van der Waals surface area (Å²) in [4.78, 5) is 0. The average molecular weight is 234 g/mol. The molecule has 0 radical (unpaired) electrons. The molecular formula is C15H26N2. The maximum atomic E-state index is 3.42. The van der Waals surface area contributed by atoms with Gasteiger partial charge in [0.1, 0.15) is 0 Å². The summed E-state index contributed by atoms with van der Waals surface area (Å²) >= 11 is 0. The van der Waals surface area contributed by atoms with E-state index < -0.39 is 0 Å². The lowest BCUT2D eigenvalue weighted by atomic mass is 10.0. The molecule has 0 aromatic heterocycles. The fourth-order valence-corrected chi connectivity index (χ4v) is 1.88. The van der Waals surface area contributed by atoms with E-state index in [1.807, 2.05) is 7.05 Å². The highest BCUT2D eigenvalue weighted by Gasteiger charge is 1.98. The number of hydrogen-bond donors (Lipinski definition) is 2. The van der Waals surface area contributed by atoms with E-state index in [0.717, 1.165) is 32.0 Å². The van der Waals surface area contributed by atoms with Gasteiger partial charge in [-0.25, -0.2) is 0 Å². The van der Waals surface area contributed by atoms with Crippen LogP contribution in [0, 0.1) is 5.92 Å². The Hall–Kier alpha value is -0.860. The third-order valence-electron chi connectivity index (χ3n) is 2.81. The van der Waals surface area contributed by atoms with E-state index in [1.165, 1.54) is 17.5 Å². The average Bonchev–Trinajstić information content (AvgIpc) is 2.30. The van der Waals surface area contributed by atoms with Crippen molar-refractivity contribution in [3.05, 3.63) is 35.4 Å². The van der Waals surface area contributed by atoms with Crippen molar-refractivity contribution in [2.45, 2.75) is 26.7 Å². The fraction of sp³-hybridized carbons (Fsp3) is 0.600. The molecule has 0 aliphatic carbocycles. The van der Waals surface area contributed by atoms with E-state index in [1.54, 1.807) is 0 Å². The van der Waals surface area contributed by atoms with Crippen LogP contribution in [0.25, 0.3) is 0 Å². The van der Waals surface area contributed by atoms with Gasteiger partial charge >= 0.3 is 0 Å². The summed E-state index contributed by atoms with van der Waals surface area (Å²) in [5.41, 5.74) is 2.88. The minimum Gasteiger partial charge on any atom is -0.318 e. The smallest absolute Gasteiger partial charge is 0.00767 e. The number of rotatable bonds is 8. The van der Waals surface area contributed by atoms with E-state index in [-0.39, 0.29) is 0 Å². The second-order valence-corrected chi connectivity index (χ2v) is 5.02. The van der Waals surface area contributed by atoms with Gasteiger partial charge < -0.3 is 10.6 Å². The second kappa shape index (κ2) is 8.26. The summed E-state index contributed by atoms with van der Waals surface area (Å²) in [5.74, 6) is 0.740. The highest BCUT2D eigenvalue weighted by molar-refractivity contribution is 5.23. The molecule has 0 heterocycles. The lowest BCUT2D eigenvalue weighted by Crippen LogP contribution is -2.26. The first-order valence-corrected chi connectivity index (χ1v) is 6.65. The summed E-state index contributed by atoms with van der Waals surface area (Å²) in [6, 6.07) is 9.06. The SMILES string of the molecule is CNCCNCCc1ccc(CC(C)C)cc1. The molecule has 0 amide bonds. The maximum absolute atomic E-state index is 3.42. The van der Waals surface area contributed by atoms with E-state index in [4.69, 9.17) is 0 Å². The van der Waals surface area contributed by atoms with E-state index in [0.29, 0.717) is 0 Å². The summed E-state index contributed by atoms with van der Waals surface area (Å²) < 4.78 is 0. The minimum atomic E-state index is 0.740. The molecule has 0 spiro atoms. The maximum Gasteiger partial charge on any atom is 0.00767 e. The number of likely N-dealkylation sites (N-methyl/N-ethyl adjacent to an activating group) is 1. The molecule has 2 nitrogen and oxygen atoms in total. The highest BCUT2D eigenvalue weighted by atomic mass is 14.9. The normalized spacial score (nSPS) is 11.1. The van der Waals surface area contributed by atoms with Crippen LogP contribution in [0.2, 0.25) is 0 Å². The second-order valence-electron chi connectivity index (χ2n) is 5.02. The quantitative estimate of drug-likeness (QED) is 0.674. The lowest BCUT2D eigenvalue weighted by molar-refractivity contribution is 0.644. The first kappa shape index (κ1) is 14.2. The van der Waals surface area contributed by atoms with Gasteiger partial charge in [0.25, 0.3) is 0 Å². The first-order valence-electron chi connectivity index (χ1n) is 6.65. The zero-order valence-electron chi connectivity index (χ0n) is 11.4. The van der Waals surface area contributed by atoms with Gasteiger partial charge in [0, 0.05) is 13.1 Å². The molecule has 0 unspecified atom stereocenters. The van der Waals surface area contributed by atoms with Crippen LogP contribution in [-0.4, -0.2) is 26.7 Å². The molecule has 1 rings (SSSR count). The van der Waals surface area contributed by atoms with Crippen molar-refractivity contribution in [2.75, 3.05) is 26.7 Å². The van der Waals surface area contributed by atoms with Crippen molar-refractivity contribution in [3.8, 4) is 0 Å². The Morgan fingerprint density at radius 2 is 1.59 bits per heavy atom. The number of hydrogen-bond acceptors (Lipinski definition) is 2. The van der Waals surface area contributed by atoms with Crippen LogP contribution in [0.3, 0.4) is 0 Å². The van der Waals surface area contributed by atoms with Gasteiger partial charge in [-0.05, 0) is 43.5 Å². The third-order valence-corrected chi connectivity index (χ3v) is 2.81. The van der Waals surface area contributed by atoms with Gasteiger partial charge in [-0.1, -0.05) is 38.1 Å². The topological polar surface area (TPSA) is 24.1 Å². The zero-order chi connectivity index (χ0) is 12.5. The summed E-state index contributed by atoms with van der Waals surface area (Å²) in [7, 11) is 1.98. The van der Waals surface area contributed by atoms with Gasteiger partial charge in [-0.3, -0.25) is 0 Å². The van der Waals surface area contributed by atoms with Crippen molar-refractivity contribution < 1.29 is 0 Å². The van der Waals surface area contributed by atoms with Crippen molar-refractivity contribution >= 4 is 0 Å². The molecular weight excluding hydrogens is 208 g/mol. The molecule has 2 heteroatoms. The Morgan fingerprint density at radius 1 is 0.941 bits per heavy atom. The van der Waals surface area contributed by atoms with Crippen molar-refractivity contribution in [1.82, 2.24) is 10.6 Å². The highest BCUT2D eigenvalue weighted by Crippen LogP contribution is 2.09. The zero-order valence-corrected chi connectivity index (χ0v) is 11.4. The molecule has 96 valence electrons. The Bertz CT molecular complexity index is 290. The largest absolute Gasteiger partial charge is 0.318 e. The van der Waals surface area contributed by atoms with Crippen molar-refractivity contribution in [1.29, 1.82) is 0 Å². The van der Waals surface area contributed by atoms with Crippen LogP contribution < -0.4 is 10.6 Å². The van der Waals surface area contributed by atoms with Crippen LogP contribution in [0.15, 0.2) is 24.3 Å². The summed E-state index contributed by atoms with van der Waals surface area (Å²) in [6.07, 6.45) is 2.30. The Labute approximate surface area is 106 Å². The van der Waals surface area contributed by atoms with Crippen LogP contribution in [0.4, 0.5) is 0 Å². The molecule has 0 bridgehead atoms. The predicted octanol–water partition coefficient (Wildman–Crippen LogP) is 2.24. The van der Waals surface area contributed by atoms with Crippen LogP contribution >= 0.6 is 0 Å². The van der Waals surface area contributed by atoms with Crippen molar-refractivity contribution in [2.24, 2.45) is 5.92 Å². The summed E-state index contributed by atoms with van der Waals surface area (Å²) in [5, 5.41) is 6.55. The van der Waals surface area contributed by atoms with Gasteiger partial charge in [0.2, 0.25) is 0 Å². The molecule has 1 aromatic carbocycles. The van der Waals surface area contributed by atoms with E-state index in [2.05, 4.69) is 48.7 Å². The minimum absolute atomic E-state index is 0.740. The van der Waals surface area contributed by atoms with Gasteiger partial charge in [-0.2, -0.15) is 0 Å². The van der Waals surface area contributed by atoms with Crippen LogP contribution in [-0.2, 0) is 12.8 Å². The molecule has 0 fully saturated rings. The molecule has 0 atom stereocenters. The molecule has 0 aliphatic heterocycles. The standard InChI is InChI=1S/C15H26N2/c1-13(2)12-15-6-4-14(5-7-15)8-9-17-11-10-16-3/h4-7,13,16-17H,8-12H2,1-3H3. The van der Waals surface area contributed by atoms with Crippen LogP contribution in [0.5, 0.6) is 0 Å². The summed E-state index contributed by atoms with van der Waals surface area (Å²) in [6.45, 7) is 7.67. The van der Waals surface area contributed by atoms with Gasteiger partial charge in [0.15, 0.2) is 0 Å².